The maximum Gasteiger partial charge on any atom is 0.574 e. The van der Waals surface area contributed by atoms with Crippen LogP contribution < -0.4 is 4.74 Å². The molecule has 0 saturated carbocycles. The minimum atomic E-state index is -5.15. The van der Waals surface area contributed by atoms with Crippen LogP contribution in [0.3, 0.4) is 0 Å². The molecule has 0 aliphatic rings. The van der Waals surface area contributed by atoms with Crippen molar-refractivity contribution >= 4 is 22.6 Å². The molecule has 3 nitrogen and oxygen atoms in total. The highest BCUT2D eigenvalue weighted by Gasteiger charge is 2.35. The molecule has 0 N–H and O–H groups in total. The van der Waals surface area contributed by atoms with Crippen LogP contribution in [0.4, 0.5) is 22.0 Å². The van der Waals surface area contributed by atoms with E-state index in [2.05, 4.69) is 9.72 Å². The molecule has 0 bridgehead atoms. The largest absolute Gasteiger partial charge is 0.574 e. The van der Waals surface area contributed by atoms with Crippen LogP contribution in [-0.2, 0) is 0 Å². The quantitative estimate of drug-likeness (QED) is 0.459. The molecule has 92 valence electrons. The Morgan fingerprint density at radius 1 is 1.41 bits per heavy atom. The second kappa shape index (κ2) is 4.99. The maximum atomic E-state index is 12.5. The first-order valence-electron chi connectivity index (χ1n) is 3.89. The lowest BCUT2D eigenvalue weighted by atomic mass is 10.1. The number of pyridine rings is 1. The monoisotopic (exact) mass is 364 g/mol. The number of hydrogen-bond acceptors (Lipinski definition) is 3. The molecule has 17 heavy (non-hydrogen) atoms. The third kappa shape index (κ3) is 3.65. The normalized spacial score (nSPS) is 11.4. The first-order valence-corrected chi connectivity index (χ1v) is 4.97. The Morgan fingerprint density at radius 3 is 2.41 bits per heavy atom. The minimum Gasteiger partial charge on any atom is -0.387 e. The van der Waals surface area contributed by atoms with Crippen molar-refractivity contribution in [3.63, 3.8) is 0 Å². The third-order valence-corrected chi connectivity index (χ3v) is 2.10. The second-order valence-corrected chi connectivity index (χ2v) is 3.78. The average molecular weight is 364 g/mol. The van der Waals surface area contributed by atoms with Crippen molar-refractivity contribution in [2.45, 2.75) is 12.8 Å². The van der Waals surface area contributed by atoms with Gasteiger partial charge in [-0.25, -0.2) is 13.8 Å². The molecule has 1 rings (SSSR count). The summed E-state index contributed by atoms with van der Waals surface area (Å²) in [6, 6.07) is 2.32. The lowest BCUT2D eigenvalue weighted by Gasteiger charge is -2.13. The number of rotatable bonds is 2. The Hall–Kier alpha value is -1.18. The zero-order chi connectivity index (χ0) is 13.2. The molecule has 1 heterocycles. The molecule has 0 aliphatic carbocycles. The maximum absolute atomic E-state index is 12.5. The number of hydrogen-bond donors (Lipinski definition) is 0. The Labute approximate surface area is 105 Å². The van der Waals surface area contributed by atoms with Crippen molar-refractivity contribution in [1.29, 1.82) is 5.26 Å². The van der Waals surface area contributed by atoms with E-state index >= 15 is 0 Å². The summed E-state index contributed by atoms with van der Waals surface area (Å²) in [5.74, 6) is -1.30. The third-order valence-electron chi connectivity index (χ3n) is 1.54. The molecule has 0 aromatic carbocycles. The van der Waals surface area contributed by atoms with Gasteiger partial charge in [0.25, 0.3) is 6.43 Å². The predicted molar refractivity (Wildman–Crippen MR) is 53.3 cm³/mol. The van der Waals surface area contributed by atoms with E-state index < -0.39 is 29.8 Å². The minimum absolute atomic E-state index is 0.0530. The van der Waals surface area contributed by atoms with Gasteiger partial charge in [-0.2, -0.15) is 5.26 Å². The molecule has 0 fully saturated rings. The van der Waals surface area contributed by atoms with Crippen LogP contribution in [0.25, 0.3) is 0 Å². The van der Waals surface area contributed by atoms with Crippen molar-refractivity contribution < 1.29 is 26.7 Å². The molecule has 0 unspecified atom stereocenters. The van der Waals surface area contributed by atoms with E-state index in [4.69, 9.17) is 5.26 Å². The van der Waals surface area contributed by atoms with Gasteiger partial charge in [-0.3, -0.25) is 0 Å². The van der Waals surface area contributed by atoms with Gasteiger partial charge in [0.1, 0.15) is 3.70 Å². The summed E-state index contributed by atoms with van der Waals surface area (Å²) >= 11 is 1.49. The van der Waals surface area contributed by atoms with Gasteiger partial charge in [-0.1, -0.05) is 0 Å². The molecule has 0 spiro atoms. The summed E-state index contributed by atoms with van der Waals surface area (Å²) in [6.45, 7) is 0. The number of ether oxygens (including phenoxy) is 1. The van der Waals surface area contributed by atoms with E-state index in [1.165, 1.54) is 28.7 Å². The highest BCUT2D eigenvalue weighted by molar-refractivity contribution is 14.1. The highest BCUT2D eigenvalue weighted by atomic mass is 127. The van der Waals surface area contributed by atoms with Gasteiger partial charge < -0.3 is 4.74 Å². The fraction of sp³-hybridized carbons (Fsp3) is 0.250. The molecular formula is C8H2F5IN2O. The van der Waals surface area contributed by atoms with Gasteiger partial charge in [0, 0.05) is 0 Å². The fourth-order valence-electron chi connectivity index (χ4n) is 0.992. The van der Waals surface area contributed by atoms with Crippen LogP contribution in [0.5, 0.6) is 5.88 Å². The highest BCUT2D eigenvalue weighted by Crippen LogP contribution is 2.34. The van der Waals surface area contributed by atoms with E-state index in [-0.39, 0.29) is 3.70 Å². The molecular weight excluding hydrogens is 362 g/mol. The van der Waals surface area contributed by atoms with E-state index in [1.54, 1.807) is 0 Å². The van der Waals surface area contributed by atoms with Gasteiger partial charge in [0.15, 0.2) is 0 Å². The lowest BCUT2D eigenvalue weighted by molar-refractivity contribution is -0.276. The topological polar surface area (TPSA) is 45.9 Å². The smallest absolute Gasteiger partial charge is 0.387 e. The Bertz CT molecular complexity index is 468. The lowest BCUT2D eigenvalue weighted by Crippen LogP contribution is -2.20. The Balaban J connectivity index is 3.37. The number of aromatic nitrogens is 1. The van der Waals surface area contributed by atoms with Crippen LogP contribution >= 0.6 is 22.6 Å². The van der Waals surface area contributed by atoms with Crippen molar-refractivity contribution in [2.24, 2.45) is 0 Å². The zero-order valence-corrected chi connectivity index (χ0v) is 9.88. The zero-order valence-electron chi connectivity index (χ0n) is 7.73. The van der Waals surface area contributed by atoms with E-state index in [0.717, 1.165) is 6.07 Å². The summed E-state index contributed by atoms with van der Waals surface area (Å²) in [7, 11) is 0. The van der Waals surface area contributed by atoms with Gasteiger partial charge in [-0.05, 0) is 28.7 Å². The first-order chi connectivity index (χ1) is 7.74. The molecule has 0 radical (unpaired) electrons. The van der Waals surface area contributed by atoms with Crippen LogP contribution in [0.1, 0.15) is 17.6 Å². The summed E-state index contributed by atoms with van der Waals surface area (Å²) in [5.41, 5.74) is -1.76. The summed E-state index contributed by atoms with van der Waals surface area (Å²) in [5, 5.41) is 8.56. The first kappa shape index (κ1) is 13.9. The van der Waals surface area contributed by atoms with E-state index in [1.807, 2.05) is 0 Å². The molecule has 0 atom stereocenters. The molecule has 1 aromatic heterocycles. The summed E-state index contributed by atoms with van der Waals surface area (Å²) in [4.78, 5) is 3.20. The van der Waals surface area contributed by atoms with Crippen LogP contribution in [0.2, 0.25) is 0 Å². The number of halogens is 6. The summed E-state index contributed by atoms with van der Waals surface area (Å²) in [6.07, 6.45) is -8.43. The van der Waals surface area contributed by atoms with Crippen molar-refractivity contribution in [2.75, 3.05) is 0 Å². The molecule has 1 aromatic rings. The molecule has 9 heteroatoms. The van der Waals surface area contributed by atoms with Gasteiger partial charge in [0.05, 0.1) is 17.2 Å². The van der Waals surface area contributed by atoms with Crippen molar-refractivity contribution in [1.82, 2.24) is 4.98 Å². The van der Waals surface area contributed by atoms with Crippen molar-refractivity contribution in [3.05, 3.63) is 20.9 Å². The van der Waals surface area contributed by atoms with E-state index in [0.29, 0.717) is 0 Å². The van der Waals surface area contributed by atoms with Crippen LogP contribution in [-0.4, -0.2) is 11.3 Å². The SMILES string of the molecule is N#Cc1cc(I)nc(OC(F)(F)F)c1C(F)F. The van der Waals surface area contributed by atoms with Gasteiger partial charge in [0.2, 0.25) is 5.88 Å². The average Bonchev–Trinajstić information content (AvgIpc) is 2.12. The van der Waals surface area contributed by atoms with Crippen LogP contribution in [0.15, 0.2) is 6.07 Å². The second-order valence-electron chi connectivity index (χ2n) is 2.67. The standard InChI is InChI=1S/C8H2F5IN2O/c9-6(10)5-3(2-15)1-4(14)16-7(5)17-8(11,12)13/h1,6H. The Kier molecular flexibility index (Phi) is 4.07. The number of nitriles is 1. The molecule has 0 aliphatic heterocycles. The van der Waals surface area contributed by atoms with Crippen molar-refractivity contribution in [3.8, 4) is 11.9 Å². The predicted octanol–water partition coefficient (Wildman–Crippen LogP) is 3.39. The van der Waals surface area contributed by atoms with Gasteiger partial charge in [-0.15, -0.1) is 13.2 Å². The number of alkyl halides is 5. The van der Waals surface area contributed by atoms with E-state index in [9.17, 15) is 22.0 Å². The summed E-state index contributed by atoms with van der Waals surface area (Å²) < 4.78 is 64.3. The Morgan fingerprint density at radius 2 is 2.00 bits per heavy atom. The van der Waals surface area contributed by atoms with Crippen LogP contribution in [0, 0.1) is 15.0 Å². The molecule has 0 saturated heterocycles. The molecule has 0 amide bonds. The number of nitrogens with zero attached hydrogens (tertiary/aromatic N) is 2. The van der Waals surface area contributed by atoms with Gasteiger partial charge >= 0.3 is 6.36 Å². The fourth-order valence-corrected chi connectivity index (χ4v) is 1.52.